The summed E-state index contributed by atoms with van der Waals surface area (Å²) in [4.78, 5) is 27.0. The van der Waals surface area contributed by atoms with Gasteiger partial charge in [0.2, 0.25) is 11.8 Å². The average molecular weight is 437 g/mol. The van der Waals surface area contributed by atoms with E-state index in [-0.39, 0.29) is 24.7 Å². The number of rotatable bonds is 11. The molecule has 1 aliphatic rings. The zero-order chi connectivity index (χ0) is 23.8. The third-order valence-corrected chi connectivity index (χ3v) is 5.31. The normalized spacial score (nSPS) is 15.9. The summed E-state index contributed by atoms with van der Waals surface area (Å²) in [6, 6.07) is 7.79. The molecule has 4 heteroatoms. The van der Waals surface area contributed by atoms with Crippen LogP contribution in [0.2, 0.25) is 0 Å². The minimum absolute atomic E-state index is 0.0645. The van der Waals surface area contributed by atoms with E-state index in [4.69, 9.17) is 0 Å². The molecule has 1 aromatic rings. The lowest BCUT2D eigenvalue weighted by Gasteiger charge is -2.27. The highest BCUT2D eigenvalue weighted by atomic mass is 16.2. The third-order valence-electron chi connectivity index (χ3n) is 5.31. The predicted molar refractivity (Wildman–Crippen MR) is 138 cm³/mol. The average Bonchev–Trinajstić information content (AvgIpc) is 2.82. The van der Waals surface area contributed by atoms with Crippen molar-refractivity contribution in [2.45, 2.75) is 65.7 Å². The van der Waals surface area contributed by atoms with E-state index in [1.165, 1.54) is 19.3 Å². The van der Waals surface area contributed by atoms with Gasteiger partial charge in [0.25, 0.3) is 0 Å². The second kappa shape index (κ2) is 15.9. The standard InChI is InChI=1S/C26H34N2O2.C2H6/c1-4-7-8-9-12-19-27-25(29)17-18-26(30)28-20-22(6-3)21(5-2)15-16-23-13-10-11-14-24(23)28;1-2/h5-6,10-11,13-16H,2-4,7-9,12,17-20H2,1H3,(H,27,29);1-2H3/b16-15-,22-21-;. The Balaban J connectivity index is 0.00000249. The Morgan fingerprint density at radius 3 is 2.41 bits per heavy atom. The molecule has 2 amide bonds. The zero-order valence-electron chi connectivity index (χ0n) is 20.2. The van der Waals surface area contributed by atoms with E-state index in [0.29, 0.717) is 13.1 Å². The van der Waals surface area contributed by atoms with Crippen LogP contribution in [0.25, 0.3) is 6.08 Å². The summed E-state index contributed by atoms with van der Waals surface area (Å²) in [6.07, 6.45) is 13.7. The lowest BCUT2D eigenvalue weighted by Crippen LogP contribution is -2.35. The first-order valence-corrected chi connectivity index (χ1v) is 11.9. The van der Waals surface area contributed by atoms with Gasteiger partial charge in [-0.2, -0.15) is 0 Å². The van der Waals surface area contributed by atoms with Crippen LogP contribution in [-0.4, -0.2) is 24.9 Å². The monoisotopic (exact) mass is 436 g/mol. The summed E-state index contributed by atoms with van der Waals surface area (Å²) in [6.45, 7) is 15.0. The van der Waals surface area contributed by atoms with Gasteiger partial charge in [-0.1, -0.05) is 102 Å². The second-order valence-corrected chi connectivity index (χ2v) is 7.53. The Bertz CT molecular complexity index is 820. The molecule has 1 heterocycles. The van der Waals surface area contributed by atoms with Crippen LogP contribution in [0.5, 0.6) is 0 Å². The van der Waals surface area contributed by atoms with Crippen molar-refractivity contribution in [3.8, 4) is 0 Å². The van der Waals surface area contributed by atoms with Gasteiger partial charge in [0.15, 0.2) is 0 Å². The molecule has 0 saturated carbocycles. The van der Waals surface area contributed by atoms with Gasteiger partial charge in [-0.3, -0.25) is 9.59 Å². The molecule has 2 rings (SSSR count). The molecular weight excluding hydrogens is 396 g/mol. The van der Waals surface area contributed by atoms with Crippen LogP contribution >= 0.6 is 0 Å². The number of hydrogen-bond acceptors (Lipinski definition) is 2. The molecule has 0 aromatic heterocycles. The molecule has 174 valence electrons. The van der Waals surface area contributed by atoms with E-state index in [0.717, 1.165) is 35.2 Å². The number of nitrogens with one attached hydrogen (secondary N) is 1. The molecule has 0 saturated heterocycles. The molecule has 0 unspecified atom stereocenters. The molecule has 0 fully saturated rings. The number of nitrogens with zero attached hydrogens (tertiary/aromatic N) is 1. The lowest BCUT2D eigenvalue weighted by atomic mass is 10.0. The van der Waals surface area contributed by atoms with Crippen molar-refractivity contribution in [3.05, 3.63) is 72.4 Å². The fourth-order valence-electron chi connectivity index (χ4n) is 3.51. The highest BCUT2D eigenvalue weighted by Gasteiger charge is 2.21. The zero-order valence-corrected chi connectivity index (χ0v) is 20.2. The van der Waals surface area contributed by atoms with E-state index >= 15 is 0 Å². The van der Waals surface area contributed by atoms with Gasteiger partial charge in [0.05, 0.1) is 12.2 Å². The maximum atomic E-state index is 13.1. The van der Waals surface area contributed by atoms with Crippen LogP contribution < -0.4 is 10.2 Å². The maximum Gasteiger partial charge on any atom is 0.227 e. The van der Waals surface area contributed by atoms with Crippen molar-refractivity contribution in [2.24, 2.45) is 0 Å². The van der Waals surface area contributed by atoms with E-state index in [2.05, 4.69) is 25.4 Å². The summed E-state index contributed by atoms with van der Waals surface area (Å²) in [5, 5.41) is 2.94. The number of amides is 2. The Hall–Kier alpha value is -2.88. The minimum atomic E-state index is -0.0707. The van der Waals surface area contributed by atoms with Crippen LogP contribution in [0.4, 0.5) is 5.69 Å². The molecule has 4 nitrogen and oxygen atoms in total. The summed E-state index contributed by atoms with van der Waals surface area (Å²) in [7, 11) is 0. The third kappa shape index (κ3) is 8.70. The van der Waals surface area contributed by atoms with Gasteiger partial charge in [0, 0.05) is 19.4 Å². The Morgan fingerprint density at radius 2 is 1.72 bits per heavy atom. The molecule has 1 aliphatic heterocycles. The number of carbonyl (C=O) groups is 2. The molecule has 0 radical (unpaired) electrons. The van der Waals surface area contributed by atoms with E-state index in [1.54, 1.807) is 17.1 Å². The smallest absolute Gasteiger partial charge is 0.227 e. The molecule has 0 aliphatic carbocycles. The van der Waals surface area contributed by atoms with Crippen LogP contribution in [0.1, 0.15) is 71.3 Å². The SMILES string of the molecule is C=CC1=C(\C=C)CN(C(=O)CCC(=O)NCCCCCCC)c2ccccc2/C=C\1.CC. The number of hydrogen-bond donors (Lipinski definition) is 1. The summed E-state index contributed by atoms with van der Waals surface area (Å²) < 4.78 is 0. The first kappa shape index (κ1) is 27.2. The Labute approximate surface area is 194 Å². The first-order chi connectivity index (χ1) is 15.6. The van der Waals surface area contributed by atoms with Crippen molar-refractivity contribution >= 4 is 23.6 Å². The van der Waals surface area contributed by atoms with Crippen molar-refractivity contribution in [2.75, 3.05) is 18.0 Å². The second-order valence-electron chi connectivity index (χ2n) is 7.53. The summed E-state index contributed by atoms with van der Waals surface area (Å²) in [5.74, 6) is -0.135. The van der Waals surface area contributed by atoms with Crippen LogP contribution in [-0.2, 0) is 9.59 Å². The molecular formula is C28H40N2O2. The number of fused-ring (bicyclic) bond motifs is 1. The fourth-order valence-corrected chi connectivity index (χ4v) is 3.51. The Morgan fingerprint density at radius 1 is 1.00 bits per heavy atom. The van der Waals surface area contributed by atoms with Gasteiger partial charge in [-0.05, 0) is 29.2 Å². The molecule has 1 N–H and O–H groups in total. The number of unbranched alkanes of at least 4 members (excludes halogenated alkanes) is 4. The van der Waals surface area contributed by atoms with E-state index in [9.17, 15) is 9.59 Å². The molecule has 0 bridgehead atoms. The van der Waals surface area contributed by atoms with Crippen LogP contribution in [0, 0.1) is 0 Å². The summed E-state index contributed by atoms with van der Waals surface area (Å²) >= 11 is 0. The molecule has 0 atom stereocenters. The van der Waals surface area contributed by atoms with Gasteiger partial charge in [-0.25, -0.2) is 0 Å². The fraction of sp³-hybridized carbons (Fsp3) is 0.429. The largest absolute Gasteiger partial charge is 0.356 e. The highest BCUT2D eigenvalue weighted by molar-refractivity contribution is 5.98. The minimum Gasteiger partial charge on any atom is -0.356 e. The quantitative estimate of drug-likeness (QED) is 0.397. The maximum absolute atomic E-state index is 13.1. The van der Waals surface area contributed by atoms with E-state index < -0.39 is 0 Å². The number of para-hydroxylation sites is 1. The number of benzene rings is 1. The summed E-state index contributed by atoms with van der Waals surface area (Å²) in [5.41, 5.74) is 3.68. The topological polar surface area (TPSA) is 49.4 Å². The number of anilines is 1. The van der Waals surface area contributed by atoms with Crippen molar-refractivity contribution in [1.29, 1.82) is 0 Å². The van der Waals surface area contributed by atoms with E-state index in [1.807, 2.05) is 50.3 Å². The number of carbonyl (C=O) groups excluding carboxylic acids is 2. The van der Waals surface area contributed by atoms with Crippen LogP contribution in [0.3, 0.4) is 0 Å². The van der Waals surface area contributed by atoms with Gasteiger partial charge in [0.1, 0.15) is 0 Å². The lowest BCUT2D eigenvalue weighted by molar-refractivity contribution is -0.125. The van der Waals surface area contributed by atoms with Gasteiger partial charge < -0.3 is 10.2 Å². The predicted octanol–water partition coefficient (Wildman–Crippen LogP) is 6.61. The first-order valence-electron chi connectivity index (χ1n) is 11.9. The molecule has 32 heavy (non-hydrogen) atoms. The molecule has 1 aromatic carbocycles. The molecule has 0 spiro atoms. The van der Waals surface area contributed by atoms with Crippen molar-refractivity contribution in [1.82, 2.24) is 5.32 Å². The van der Waals surface area contributed by atoms with Crippen molar-refractivity contribution in [3.63, 3.8) is 0 Å². The van der Waals surface area contributed by atoms with Crippen LogP contribution in [0.15, 0.2) is 66.8 Å². The van der Waals surface area contributed by atoms with Gasteiger partial charge in [-0.15, -0.1) is 0 Å². The number of allylic oxidation sites excluding steroid dienone is 3. The van der Waals surface area contributed by atoms with Crippen molar-refractivity contribution < 1.29 is 9.59 Å². The highest BCUT2D eigenvalue weighted by Crippen LogP contribution is 2.28. The van der Waals surface area contributed by atoms with Gasteiger partial charge >= 0.3 is 0 Å². The Kier molecular flexibility index (Phi) is 13.5.